The minimum Gasteiger partial charge on any atom is -0.390 e. The normalized spacial score (nSPS) is 12.4. The van der Waals surface area contributed by atoms with E-state index in [9.17, 15) is 0 Å². The first-order valence-corrected chi connectivity index (χ1v) is 4.50. The molecule has 0 fully saturated rings. The van der Waals surface area contributed by atoms with Crippen molar-refractivity contribution in [2.24, 2.45) is 0 Å². The average molecular weight is 209 g/mol. The number of hydrogen-bond donors (Lipinski definition) is 5. The van der Waals surface area contributed by atoms with E-state index in [0.717, 1.165) is 0 Å². The summed E-state index contributed by atoms with van der Waals surface area (Å²) in [5.41, 5.74) is -1.18. The first-order chi connectivity index (χ1) is 6.70. The molecule has 14 heavy (non-hydrogen) atoms. The summed E-state index contributed by atoms with van der Waals surface area (Å²) in [6.07, 6.45) is 0. The fraction of sp³-hybridized carbons (Fsp3) is 1.00. The molecule has 0 saturated carbocycles. The maximum absolute atomic E-state index is 9.08. The maximum Gasteiger partial charge on any atom is 0.211 e. The largest absolute Gasteiger partial charge is 0.390 e. The molecule has 0 spiro atoms. The van der Waals surface area contributed by atoms with Crippen LogP contribution in [0.3, 0.4) is 0 Å². The van der Waals surface area contributed by atoms with Crippen molar-refractivity contribution in [3.63, 3.8) is 0 Å². The summed E-state index contributed by atoms with van der Waals surface area (Å²) in [7, 11) is 0. The van der Waals surface area contributed by atoms with E-state index in [2.05, 4.69) is 0 Å². The Hall–Kier alpha value is -0.240. The minimum absolute atomic E-state index is 0.165. The van der Waals surface area contributed by atoms with E-state index in [4.69, 9.17) is 25.5 Å². The molecule has 0 aliphatic heterocycles. The lowest BCUT2D eigenvalue weighted by molar-refractivity contribution is -0.0104. The van der Waals surface area contributed by atoms with Crippen LogP contribution in [0.5, 0.6) is 0 Å². The Morgan fingerprint density at radius 1 is 0.714 bits per heavy atom. The Morgan fingerprint density at radius 3 is 1.29 bits per heavy atom. The topological polar surface area (TPSA) is 107 Å². The quantitative estimate of drug-likeness (QED) is 0.271. The molecule has 6 heteroatoms. The average Bonchev–Trinajstić information content (AvgIpc) is 2.22. The van der Waals surface area contributed by atoms with Crippen LogP contribution in [-0.4, -0.2) is 77.2 Å². The van der Waals surface area contributed by atoms with Gasteiger partial charge in [-0.15, -0.1) is 0 Å². The van der Waals surface area contributed by atoms with E-state index in [1.165, 1.54) is 4.90 Å². The van der Waals surface area contributed by atoms with Crippen molar-refractivity contribution in [2.45, 2.75) is 5.54 Å². The van der Waals surface area contributed by atoms with Gasteiger partial charge in [-0.2, -0.15) is 4.90 Å². The van der Waals surface area contributed by atoms with Crippen molar-refractivity contribution in [1.82, 2.24) is 4.90 Å². The van der Waals surface area contributed by atoms with Crippen LogP contribution >= 0.6 is 0 Å². The number of aliphatic hydroxyl groups excluding tert-OH is 5. The second-order valence-corrected chi connectivity index (χ2v) is 3.13. The highest BCUT2D eigenvalue weighted by atomic mass is 16.3. The van der Waals surface area contributed by atoms with Gasteiger partial charge >= 0.3 is 0 Å². The van der Waals surface area contributed by atoms with Gasteiger partial charge in [0.25, 0.3) is 0 Å². The molecule has 0 rings (SSSR count). The summed E-state index contributed by atoms with van der Waals surface area (Å²) < 4.78 is 0. The van der Waals surface area contributed by atoms with Crippen LogP contribution in [0.1, 0.15) is 0 Å². The van der Waals surface area contributed by atoms with Gasteiger partial charge in [0, 0.05) is 0 Å². The van der Waals surface area contributed by atoms with Crippen molar-refractivity contribution < 1.29 is 25.5 Å². The summed E-state index contributed by atoms with van der Waals surface area (Å²) in [5, 5.41) is 44.7. The smallest absolute Gasteiger partial charge is 0.211 e. The van der Waals surface area contributed by atoms with Crippen LogP contribution in [0.2, 0.25) is 0 Å². The number of nitrogens with zero attached hydrogens (tertiary/aromatic N) is 1. The molecular weight excluding hydrogens is 190 g/mol. The van der Waals surface area contributed by atoms with Gasteiger partial charge in [0.05, 0.1) is 13.2 Å². The van der Waals surface area contributed by atoms with Crippen LogP contribution < -0.4 is 4.90 Å². The third-order valence-corrected chi connectivity index (χ3v) is 2.29. The van der Waals surface area contributed by atoms with Crippen molar-refractivity contribution in [3.05, 3.63) is 0 Å². The second kappa shape index (κ2) is 7.10. The minimum atomic E-state index is -1.18. The second-order valence-electron chi connectivity index (χ2n) is 3.13. The van der Waals surface area contributed by atoms with Gasteiger partial charge in [-0.25, -0.2) is 0 Å². The van der Waals surface area contributed by atoms with Crippen molar-refractivity contribution in [3.8, 4) is 0 Å². The Kier molecular flexibility index (Phi) is 6.98. The van der Waals surface area contributed by atoms with E-state index in [-0.39, 0.29) is 26.3 Å². The van der Waals surface area contributed by atoms with Crippen LogP contribution in [0, 0.1) is 0 Å². The Morgan fingerprint density at radius 2 is 1.07 bits per heavy atom. The van der Waals surface area contributed by atoms with E-state index >= 15 is 0 Å². The van der Waals surface area contributed by atoms with E-state index in [0.29, 0.717) is 0 Å². The highest BCUT2D eigenvalue weighted by molar-refractivity contribution is 4.93. The summed E-state index contributed by atoms with van der Waals surface area (Å²) in [5.74, 6) is 0. The van der Waals surface area contributed by atoms with Crippen molar-refractivity contribution >= 4 is 0 Å². The zero-order chi connectivity index (χ0) is 11.0. The molecule has 0 bridgehead atoms. The SMILES string of the molecule is OCC[N+](CCO)C(CO)(CO)CO. The van der Waals surface area contributed by atoms with Gasteiger partial charge in [-0.1, -0.05) is 0 Å². The molecule has 0 aromatic carbocycles. The van der Waals surface area contributed by atoms with Gasteiger partial charge in [-0.3, -0.25) is 0 Å². The molecule has 0 unspecified atom stereocenters. The fourth-order valence-electron chi connectivity index (χ4n) is 1.28. The fourth-order valence-corrected chi connectivity index (χ4v) is 1.28. The highest BCUT2D eigenvalue weighted by Crippen LogP contribution is 2.10. The van der Waals surface area contributed by atoms with Crippen molar-refractivity contribution in [2.75, 3.05) is 46.1 Å². The van der Waals surface area contributed by atoms with Crippen LogP contribution in [0.15, 0.2) is 0 Å². The van der Waals surface area contributed by atoms with Gasteiger partial charge < -0.3 is 25.5 Å². The zero-order valence-corrected chi connectivity index (χ0v) is 8.13. The Bertz CT molecular complexity index is 125. The molecule has 0 atom stereocenters. The van der Waals surface area contributed by atoms with Gasteiger partial charge in [0.2, 0.25) is 5.54 Å². The number of rotatable bonds is 8. The molecule has 0 heterocycles. The van der Waals surface area contributed by atoms with Crippen LogP contribution in [0.25, 0.3) is 0 Å². The van der Waals surface area contributed by atoms with Crippen LogP contribution in [0.4, 0.5) is 0 Å². The third kappa shape index (κ3) is 3.16. The van der Waals surface area contributed by atoms with Gasteiger partial charge in [0.15, 0.2) is 0 Å². The third-order valence-electron chi connectivity index (χ3n) is 2.29. The van der Waals surface area contributed by atoms with Gasteiger partial charge in [0.1, 0.15) is 32.9 Å². The molecule has 0 aliphatic rings. The molecule has 0 amide bonds. The molecule has 0 aromatic rings. The standard InChI is InChI=1S/C8H19NO5/c10-3-1-9(2-4-11)8(5-12,6-13)7-14/h10-14H,1-7H2/q+1. The lowest BCUT2D eigenvalue weighted by Gasteiger charge is -2.30. The summed E-state index contributed by atoms with van der Waals surface area (Å²) in [6.45, 7) is -1.26. The van der Waals surface area contributed by atoms with E-state index in [1.54, 1.807) is 0 Å². The zero-order valence-electron chi connectivity index (χ0n) is 8.13. The van der Waals surface area contributed by atoms with Crippen molar-refractivity contribution in [1.29, 1.82) is 0 Å². The Balaban J connectivity index is 4.52. The summed E-state index contributed by atoms with van der Waals surface area (Å²) in [6, 6.07) is 0. The van der Waals surface area contributed by atoms with E-state index in [1.807, 2.05) is 0 Å². The first-order valence-electron chi connectivity index (χ1n) is 4.50. The summed E-state index contributed by atoms with van der Waals surface area (Å²) >= 11 is 0. The van der Waals surface area contributed by atoms with Gasteiger partial charge in [-0.05, 0) is 0 Å². The molecule has 85 valence electrons. The molecule has 0 saturated heterocycles. The molecule has 6 nitrogen and oxygen atoms in total. The number of aliphatic hydroxyl groups is 5. The molecule has 1 radical (unpaired) electrons. The molecule has 0 aromatic heterocycles. The molecule has 0 aliphatic carbocycles. The van der Waals surface area contributed by atoms with E-state index < -0.39 is 25.4 Å². The summed E-state index contributed by atoms with van der Waals surface area (Å²) in [4.78, 5) is 1.47. The predicted molar refractivity (Wildman–Crippen MR) is 50.0 cm³/mol. The first kappa shape index (κ1) is 13.8. The predicted octanol–water partition coefficient (Wildman–Crippen LogP) is -3.17. The lowest BCUT2D eigenvalue weighted by Crippen LogP contribution is -2.62. The maximum atomic E-state index is 9.08. The monoisotopic (exact) mass is 209 g/mol. The number of β-amino-alcohol motifs (C(OH)–C–C–N with tert-alkyl or cyclic N) is 2. The van der Waals surface area contributed by atoms with Crippen LogP contribution in [-0.2, 0) is 0 Å². The number of hydrogen-bond acceptors (Lipinski definition) is 6. The molecular formula is C8H19NO5+. The molecule has 5 N–H and O–H groups in total. The Labute approximate surface area is 83.0 Å². The lowest BCUT2D eigenvalue weighted by atomic mass is 10.0. The highest BCUT2D eigenvalue weighted by Gasteiger charge is 2.43.